The molecule has 0 N–H and O–H groups in total. The normalized spacial score (nSPS) is 17.7. The lowest BCUT2D eigenvalue weighted by atomic mass is 10.3. The van der Waals surface area contributed by atoms with Gasteiger partial charge in [0.2, 0.25) is 0 Å². The van der Waals surface area contributed by atoms with Gasteiger partial charge in [0.05, 0.1) is 4.91 Å². The summed E-state index contributed by atoms with van der Waals surface area (Å²) in [6.45, 7) is 5.61. The molecule has 0 amide bonds. The topological polar surface area (TPSA) is 29.4 Å². The zero-order chi connectivity index (χ0) is 11.8. The Bertz CT molecular complexity index is 425. The molecule has 0 bridgehead atoms. The smallest absolute Gasteiger partial charge is 0.172 e. The maximum absolute atomic E-state index is 11.7. The van der Waals surface area contributed by atoms with Crippen molar-refractivity contribution in [3.8, 4) is 0 Å². The number of hydrogen-bond donors (Lipinski definition) is 0. The van der Waals surface area contributed by atoms with Gasteiger partial charge in [0.25, 0.3) is 0 Å². The molecule has 0 spiro atoms. The minimum absolute atomic E-state index is 0.741. The van der Waals surface area contributed by atoms with Crippen LogP contribution < -0.4 is 0 Å². The zero-order valence-electron chi connectivity index (χ0n) is 9.30. The lowest BCUT2D eigenvalue weighted by molar-refractivity contribution is 0.688. The maximum Gasteiger partial charge on any atom is 0.172 e. The number of allylic oxidation sites excluding steroid dienone is 8. The third-order valence-electron chi connectivity index (χ3n) is 1.79. The van der Waals surface area contributed by atoms with Crippen LogP contribution in [-0.4, -0.2) is 10.4 Å². The second kappa shape index (κ2) is 6.90. The summed E-state index contributed by atoms with van der Waals surface area (Å²) in [5.74, 6) is 0. The lowest BCUT2D eigenvalue weighted by Gasteiger charge is -1.93. The van der Waals surface area contributed by atoms with Crippen molar-refractivity contribution in [3.63, 3.8) is 0 Å². The maximum atomic E-state index is 11.7. The van der Waals surface area contributed by atoms with Crippen LogP contribution in [0.2, 0.25) is 0 Å². The van der Waals surface area contributed by atoms with E-state index in [0.29, 0.717) is 0 Å². The van der Waals surface area contributed by atoms with Crippen LogP contribution in [0.4, 0.5) is 0 Å². The first-order valence-electron chi connectivity index (χ1n) is 5.01. The average molecular weight is 233 g/mol. The molecule has 0 saturated heterocycles. The highest BCUT2D eigenvalue weighted by Crippen LogP contribution is 2.10. The van der Waals surface area contributed by atoms with Gasteiger partial charge in [0.1, 0.15) is 0 Å². The van der Waals surface area contributed by atoms with E-state index in [-0.39, 0.29) is 0 Å². The van der Waals surface area contributed by atoms with Crippen molar-refractivity contribution in [1.29, 1.82) is 0 Å². The van der Waals surface area contributed by atoms with Crippen LogP contribution in [0.3, 0.4) is 0 Å². The predicted molar refractivity (Wildman–Crippen MR) is 71.6 cm³/mol. The van der Waals surface area contributed by atoms with Gasteiger partial charge in [-0.1, -0.05) is 42.5 Å². The highest BCUT2D eigenvalue weighted by molar-refractivity contribution is 7.88. The first kappa shape index (κ1) is 12.6. The molecule has 1 atom stereocenters. The summed E-state index contributed by atoms with van der Waals surface area (Å²) >= 11 is 0. The third-order valence-corrected chi connectivity index (χ3v) is 2.81. The molecular weight excluding hydrogens is 218 g/mol. The Labute approximate surface area is 99.1 Å². The summed E-state index contributed by atoms with van der Waals surface area (Å²) in [5, 5.41) is 0. The molecule has 0 fully saturated rings. The van der Waals surface area contributed by atoms with E-state index in [0.717, 1.165) is 16.9 Å². The summed E-state index contributed by atoms with van der Waals surface area (Å²) in [7, 11) is -1.31. The SMILES string of the molecule is C=C(C)/C=C\C=N/S(=O)C1=CCC=CC=C1. The van der Waals surface area contributed by atoms with Gasteiger partial charge >= 0.3 is 0 Å². The van der Waals surface area contributed by atoms with E-state index < -0.39 is 11.0 Å². The Morgan fingerprint density at radius 2 is 2.38 bits per heavy atom. The molecule has 0 saturated carbocycles. The van der Waals surface area contributed by atoms with Crippen LogP contribution in [0.25, 0.3) is 0 Å². The molecule has 16 heavy (non-hydrogen) atoms. The van der Waals surface area contributed by atoms with Crippen LogP contribution in [0, 0.1) is 0 Å². The number of nitrogens with zero attached hydrogens (tertiary/aromatic N) is 1. The fourth-order valence-electron chi connectivity index (χ4n) is 1.05. The van der Waals surface area contributed by atoms with Crippen LogP contribution in [0.5, 0.6) is 0 Å². The standard InChI is InChI=1S/C13H15NOS/c1-12(2)8-7-11-14-16(15)13-9-5-3-4-6-10-13/h3-5,7-11H,1,6H2,2H3/b8-7-,14-11-. The summed E-state index contributed by atoms with van der Waals surface area (Å²) in [6.07, 6.45) is 15.4. The molecule has 1 rings (SSSR count). The van der Waals surface area contributed by atoms with Crippen LogP contribution in [0.15, 0.2) is 64.0 Å². The molecule has 84 valence electrons. The van der Waals surface area contributed by atoms with Gasteiger partial charge in [-0.3, -0.25) is 0 Å². The monoisotopic (exact) mass is 233 g/mol. The number of hydrogen-bond acceptors (Lipinski definition) is 1. The van der Waals surface area contributed by atoms with Crippen molar-refractivity contribution in [2.24, 2.45) is 4.40 Å². The van der Waals surface area contributed by atoms with Gasteiger partial charge in [-0.25, -0.2) is 4.21 Å². The van der Waals surface area contributed by atoms with Crippen molar-refractivity contribution >= 4 is 17.2 Å². The van der Waals surface area contributed by atoms with Gasteiger partial charge < -0.3 is 0 Å². The summed E-state index contributed by atoms with van der Waals surface area (Å²) in [5.41, 5.74) is 0.940. The zero-order valence-corrected chi connectivity index (χ0v) is 10.1. The molecule has 2 nitrogen and oxygen atoms in total. The van der Waals surface area contributed by atoms with Gasteiger partial charge in [-0.2, -0.15) is 4.40 Å². The Hall–Kier alpha value is -1.48. The molecule has 0 heterocycles. The molecular formula is C13H15NOS. The minimum Gasteiger partial charge on any atom is -0.230 e. The van der Waals surface area contributed by atoms with E-state index in [9.17, 15) is 4.21 Å². The van der Waals surface area contributed by atoms with E-state index in [1.807, 2.05) is 43.4 Å². The summed E-state index contributed by atoms with van der Waals surface area (Å²) < 4.78 is 15.6. The van der Waals surface area contributed by atoms with E-state index in [1.54, 1.807) is 6.08 Å². The highest BCUT2D eigenvalue weighted by atomic mass is 32.2. The first-order valence-corrected chi connectivity index (χ1v) is 6.12. The van der Waals surface area contributed by atoms with Crippen molar-refractivity contribution < 1.29 is 4.21 Å². The van der Waals surface area contributed by atoms with Crippen LogP contribution in [-0.2, 0) is 11.0 Å². The Balaban J connectivity index is 2.59. The molecule has 0 aromatic heterocycles. The summed E-state index contributed by atoms with van der Waals surface area (Å²) in [4.78, 5) is 0.741. The average Bonchev–Trinajstić information content (AvgIpc) is 2.52. The second-order valence-electron chi connectivity index (χ2n) is 3.34. The Kier molecular flexibility index (Phi) is 5.43. The summed E-state index contributed by atoms with van der Waals surface area (Å²) in [6, 6.07) is 0. The predicted octanol–water partition coefficient (Wildman–Crippen LogP) is 3.25. The van der Waals surface area contributed by atoms with Crippen molar-refractivity contribution in [1.82, 2.24) is 0 Å². The first-order chi connectivity index (χ1) is 7.70. The largest absolute Gasteiger partial charge is 0.230 e. The highest BCUT2D eigenvalue weighted by Gasteiger charge is 2.00. The molecule has 0 aromatic carbocycles. The van der Waals surface area contributed by atoms with Crippen molar-refractivity contribution in [2.75, 3.05) is 0 Å². The minimum atomic E-state index is -1.31. The molecule has 1 unspecified atom stereocenters. The third kappa shape index (κ3) is 4.84. The molecule has 0 aromatic rings. The van der Waals surface area contributed by atoms with Crippen LogP contribution >= 0.6 is 0 Å². The van der Waals surface area contributed by atoms with Gasteiger partial charge in [-0.05, 0) is 25.5 Å². The van der Waals surface area contributed by atoms with Crippen molar-refractivity contribution in [2.45, 2.75) is 13.3 Å². The van der Waals surface area contributed by atoms with E-state index in [4.69, 9.17) is 0 Å². The van der Waals surface area contributed by atoms with Gasteiger partial charge in [-0.15, -0.1) is 0 Å². The second-order valence-corrected chi connectivity index (χ2v) is 4.52. The lowest BCUT2D eigenvalue weighted by Crippen LogP contribution is -1.88. The molecule has 0 aliphatic heterocycles. The molecule has 0 radical (unpaired) electrons. The number of rotatable bonds is 4. The molecule has 3 heteroatoms. The van der Waals surface area contributed by atoms with E-state index >= 15 is 0 Å². The van der Waals surface area contributed by atoms with Gasteiger partial charge in [0, 0.05) is 6.21 Å². The Morgan fingerprint density at radius 1 is 1.56 bits per heavy atom. The van der Waals surface area contributed by atoms with Crippen LogP contribution in [0.1, 0.15) is 13.3 Å². The quantitative estimate of drug-likeness (QED) is 0.541. The molecule has 1 aliphatic rings. The van der Waals surface area contributed by atoms with Gasteiger partial charge in [0.15, 0.2) is 11.0 Å². The molecule has 1 aliphatic carbocycles. The van der Waals surface area contributed by atoms with Crippen molar-refractivity contribution in [3.05, 3.63) is 59.6 Å². The fraction of sp³-hybridized carbons (Fsp3) is 0.154. The van der Waals surface area contributed by atoms with E-state index in [2.05, 4.69) is 11.0 Å². The Morgan fingerprint density at radius 3 is 3.12 bits per heavy atom. The fourth-order valence-corrected chi connectivity index (χ4v) is 1.78. The van der Waals surface area contributed by atoms with E-state index in [1.165, 1.54) is 6.21 Å².